The first-order valence-corrected chi connectivity index (χ1v) is 10.9. The second-order valence-electron chi connectivity index (χ2n) is 7.58. The van der Waals surface area contributed by atoms with Crippen LogP contribution in [0.3, 0.4) is 0 Å². The largest absolute Gasteiger partial charge is 0.481 e. The van der Waals surface area contributed by atoms with E-state index >= 15 is 0 Å². The standard InChI is InChI=1S/C11H22N2O4S.C10H11NO4/c1-11(2,7-14)9(16)10(17)13-4-3-8(15)12-5-6-18;12-9(13)3-4-10(14)15-7-8-2-1-5-11-6-8/h9,14,16,18H,3-7H2,1-2H3,(H,12,15)(H,13,17);1-2,5-6H,3-4,7H2,(H,12,13). The van der Waals surface area contributed by atoms with Gasteiger partial charge in [-0.3, -0.25) is 24.2 Å². The van der Waals surface area contributed by atoms with Crippen molar-refractivity contribution < 1.29 is 39.2 Å². The Kier molecular flexibility index (Phi) is 15.5. The molecule has 0 spiro atoms. The Hall–Kier alpha value is -2.70. The normalized spacial score (nSPS) is 11.4. The smallest absolute Gasteiger partial charge is 0.306 e. The number of aliphatic carboxylic acids is 1. The summed E-state index contributed by atoms with van der Waals surface area (Å²) in [5.74, 6) is -1.73. The molecule has 1 heterocycles. The van der Waals surface area contributed by atoms with Gasteiger partial charge >= 0.3 is 11.9 Å². The lowest BCUT2D eigenvalue weighted by molar-refractivity contribution is -0.148. The summed E-state index contributed by atoms with van der Waals surface area (Å²) < 4.78 is 4.84. The summed E-state index contributed by atoms with van der Waals surface area (Å²) in [6, 6.07) is 3.51. The fourth-order valence-corrected chi connectivity index (χ4v) is 2.16. The monoisotopic (exact) mass is 487 g/mol. The fraction of sp³-hybridized carbons (Fsp3) is 0.571. The molecule has 0 aliphatic rings. The molecule has 5 N–H and O–H groups in total. The zero-order valence-corrected chi connectivity index (χ0v) is 19.7. The van der Waals surface area contributed by atoms with Crippen LogP contribution in [0.2, 0.25) is 0 Å². The number of carboxylic acid groups (broad SMARTS) is 1. The van der Waals surface area contributed by atoms with Crippen molar-refractivity contribution in [3.05, 3.63) is 30.1 Å². The number of nitrogens with one attached hydrogen (secondary N) is 2. The molecule has 0 aliphatic carbocycles. The summed E-state index contributed by atoms with van der Waals surface area (Å²) >= 11 is 3.95. The maximum atomic E-state index is 11.5. The highest BCUT2D eigenvalue weighted by molar-refractivity contribution is 7.80. The van der Waals surface area contributed by atoms with Gasteiger partial charge in [0.1, 0.15) is 12.7 Å². The summed E-state index contributed by atoms with van der Waals surface area (Å²) in [6.07, 6.45) is 1.75. The average molecular weight is 488 g/mol. The molecule has 11 nitrogen and oxygen atoms in total. The number of carboxylic acids is 1. The number of aromatic nitrogens is 1. The van der Waals surface area contributed by atoms with Gasteiger partial charge in [-0.15, -0.1) is 0 Å². The van der Waals surface area contributed by atoms with Crippen molar-refractivity contribution in [1.29, 1.82) is 0 Å². The molecule has 0 aromatic carbocycles. The average Bonchev–Trinajstić information content (AvgIpc) is 2.80. The van der Waals surface area contributed by atoms with E-state index in [2.05, 4.69) is 28.2 Å². The number of carbonyl (C=O) groups excluding carboxylic acids is 3. The topological polar surface area (TPSA) is 175 Å². The second-order valence-corrected chi connectivity index (χ2v) is 8.03. The van der Waals surface area contributed by atoms with Gasteiger partial charge < -0.3 is 30.7 Å². The first-order chi connectivity index (χ1) is 15.5. The van der Waals surface area contributed by atoms with E-state index in [1.54, 1.807) is 38.4 Å². The van der Waals surface area contributed by atoms with Crippen molar-refractivity contribution in [3.8, 4) is 0 Å². The molecule has 0 fully saturated rings. The zero-order chi connectivity index (χ0) is 25.3. The Morgan fingerprint density at radius 2 is 1.85 bits per heavy atom. The van der Waals surface area contributed by atoms with Crippen LogP contribution in [-0.2, 0) is 30.5 Å². The number of esters is 1. The highest BCUT2D eigenvalue weighted by atomic mass is 32.1. The quantitative estimate of drug-likeness (QED) is 0.164. The van der Waals surface area contributed by atoms with E-state index < -0.39 is 29.4 Å². The third-order valence-corrected chi connectivity index (χ3v) is 4.37. The van der Waals surface area contributed by atoms with Crippen LogP contribution in [0.5, 0.6) is 0 Å². The summed E-state index contributed by atoms with van der Waals surface area (Å²) in [5.41, 5.74) is -0.126. The number of pyridine rings is 1. The van der Waals surface area contributed by atoms with Crippen molar-refractivity contribution in [2.24, 2.45) is 5.41 Å². The zero-order valence-electron chi connectivity index (χ0n) is 18.8. The highest BCUT2D eigenvalue weighted by Gasteiger charge is 2.32. The second kappa shape index (κ2) is 16.9. The van der Waals surface area contributed by atoms with Gasteiger partial charge in [-0.1, -0.05) is 19.9 Å². The van der Waals surface area contributed by atoms with Gasteiger partial charge in [0, 0.05) is 48.6 Å². The lowest BCUT2D eigenvalue weighted by Gasteiger charge is -2.27. The first-order valence-electron chi connectivity index (χ1n) is 10.2. The minimum atomic E-state index is -1.30. The molecule has 12 heteroatoms. The molecule has 33 heavy (non-hydrogen) atoms. The van der Waals surface area contributed by atoms with Crippen LogP contribution in [-0.4, -0.2) is 75.6 Å². The van der Waals surface area contributed by atoms with E-state index in [0.29, 0.717) is 12.3 Å². The fourth-order valence-electron chi connectivity index (χ4n) is 2.05. The number of amides is 2. The summed E-state index contributed by atoms with van der Waals surface area (Å²) in [4.78, 5) is 47.8. The van der Waals surface area contributed by atoms with Crippen molar-refractivity contribution in [3.63, 3.8) is 0 Å². The van der Waals surface area contributed by atoms with Crippen molar-refractivity contribution in [2.75, 3.05) is 25.4 Å². The molecule has 0 aliphatic heterocycles. The van der Waals surface area contributed by atoms with E-state index in [4.69, 9.17) is 14.9 Å². The number of nitrogens with zero attached hydrogens (tertiary/aromatic N) is 1. The van der Waals surface area contributed by atoms with Crippen LogP contribution in [0.25, 0.3) is 0 Å². The van der Waals surface area contributed by atoms with E-state index in [1.807, 2.05) is 0 Å². The van der Waals surface area contributed by atoms with Crippen molar-refractivity contribution in [2.45, 2.75) is 45.8 Å². The molecular formula is C21H33N3O8S. The molecule has 1 atom stereocenters. The van der Waals surface area contributed by atoms with Crippen molar-refractivity contribution >= 4 is 36.4 Å². The SMILES string of the molecule is CC(C)(CO)C(O)C(=O)NCCC(=O)NCCS.O=C(O)CCC(=O)OCc1cccnc1. The maximum absolute atomic E-state index is 11.5. The van der Waals surface area contributed by atoms with Crippen LogP contribution in [0, 0.1) is 5.41 Å². The van der Waals surface area contributed by atoms with Gasteiger partial charge in [-0.25, -0.2) is 0 Å². The number of hydrogen-bond acceptors (Lipinski definition) is 9. The third kappa shape index (κ3) is 14.9. The van der Waals surface area contributed by atoms with Gasteiger partial charge in [0.25, 0.3) is 0 Å². The van der Waals surface area contributed by atoms with Gasteiger partial charge in [-0.2, -0.15) is 12.6 Å². The van der Waals surface area contributed by atoms with E-state index in [0.717, 1.165) is 5.56 Å². The molecule has 1 aromatic rings. The summed E-state index contributed by atoms with van der Waals surface area (Å²) in [7, 11) is 0. The van der Waals surface area contributed by atoms with Crippen LogP contribution in [0.1, 0.15) is 38.7 Å². The van der Waals surface area contributed by atoms with Crippen LogP contribution >= 0.6 is 12.6 Å². The lowest BCUT2D eigenvalue weighted by atomic mass is 9.87. The Morgan fingerprint density at radius 3 is 2.39 bits per heavy atom. The lowest BCUT2D eigenvalue weighted by Crippen LogP contribution is -2.46. The van der Waals surface area contributed by atoms with Crippen LogP contribution in [0.15, 0.2) is 24.5 Å². The molecule has 1 aromatic heterocycles. The molecule has 0 bridgehead atoms. The molecule has 0 saturated heterocycles. The maximum Gasteiger partial charge on any atom is 0.306 e. The van der Waals surface area contributed by atoms with Crippen LogP contribution in [0.4, 0.5) is 0 Å². The molecule has 1 unspecified atom stereocenters. The van der Waals surface area contributed by atoms with E-state index in [9.17, 15) is 24.3 Å². The number of rotatable bonds is 13. The predicted molar refractivity (Wildman–Crippen MR) is 122 cm³/mol. The molecule has 186 valence electrons. The Bertz CT molecular complexity index is 746. The minimum Gasteiger partial charge on any atom is -0.481 e. The van der Waals surface area contributed by atoms with Gasteiger partial charge in [0.15, 0.2) is 0 Å². The summed E-state index contributed by atoms with van der Waals surface area (Å²) in [6.45, 7) is 3.62. The Balaban J connectivity index is 0.000000629. The van der Waals surface area contributed by atoms with E-state index in [-0.39, 0.29) is 44.9 Å². The Morgan fingerprint density at radius 1 is 1.15 bits per heavy atom. The van der Waals surface area contributed by atoms with Crippen molar-refractivity contribution in [1.82, 2.24) is 15.6 Å². The number of aliphatic hydroxyl groups is 2. The number of hydrogen-bond donors (Lipinski definition) is 6. The predicted octanol–water partition coefficient (Wildman–Crippen LogP) is -0.0923. The number of ether oxygens (including phenoxy) is 1. The molecule has 0 radical (unpaired) electrons. The van der Waals surface area contributed by atoms with Crippen LogP contribution < -0.4 is 10.6 Å². The highest BCUT2D eigenvalue weighted by Crippen LogP contribution is 2.19. The molecule has 2 amide bonds. The van der Waals surface area contributed by atoms with Gasteiger partial charge in [0.05, 0.1) is 19.4 Å². The van der Waals surface area contributed by atoms with Gasteiger partial charge in [0.2, 0.25) is 11.8 Å². The minimum absolute atomic E-state index is 0.102. The number of thiol groups is 1. The molecule has 0 saturated carbocycles. The molecular weight excluding hydrogens is 454 g/mol. The third-order valence-electron chi connectivity index (χ3n) is 4.15. The Labute approximate surface area is 198 Å². The van der Waals surface area contributed by atoms with E-state index in [1.165, 1.54) is 0 Å². The molecule has 1 rings (SSSR count). The first kappa shape index (κ1) is 30.3. The summed E-state index contributed by atoms with van der Waals surface area (Å²) in [5, 5.41) is 32.1. The number of aliphatic hydroxyl groups excluding tert-OH is 2. The number of carbonyl (C=O) groups is 4. The van der Waals surface area contributed by atoms with Gasteiger partial charge in [-0.05, 0) is 6.07 Å².